The molecular formula is C11H21N3O2. The monoisotopic (exact) mass is 227 g/mol. The largest absolute Gasteiger partial charge is 0.391 e. The molecule has 0 radical (unpaired) electrons. The molecule has 16 heavy (non-hydrogen) atoms. The summed E-state index contributed by atoms with van der Waals surface area (Å²) in [5.74, 6) is 0.0240. The predicted molar refractivity (Wildman–Crippen MR) is 60.8 cm³/mol. The second-order valence-electron chi connectivity index (χ2n) is 5.42. The van der Waals surface area contributed by atoms with Crippen molar-refractivity contribution in [3.8, 4) is 0 Å². The molecular weight excluding hydrogens is 206 g/mol. The Bertz CT molecular complexity index is 289. The van der Waals surface area contributed by atoms with Crippen molar-refractivity contribution in [1.82, 2.24) is 9.80 Å². The van der Waals surface area contributed by atoms with Crippen molar-refractivity contribution in [2.45, 2.75) is 36.9 Å². The van der Waals surface area contributed by atoms with Gasteiger partial charge in [-0.2, -0.15) is 0 Å². The first-order valence-electron chi connectivity index (χ1n) is 5.85. The molecule has 2 unspecified atom stereocenters. The smallest absolute Gasteiger partial charge is 0.243 e. The summed E-state index contributed by atoms with van der Waals surface area (Å²) >= 11 is 0. The third-order valence-corrected chi connectivity index (χ3v) is 3.44. The maximum absolute atomic E-state index is 12.1. The van der Waals surface area contributed by atoms with Gasteiger partial charge in [-0.25, -0.2) is 0 Å². The SMILES string of the molecule is CN(C)CC1CC(O)CN1C(=O)C1(N)CC1. The highest BCUT2D eigenvalue weighted by Gasteiger charge is 2.51. The number of rotatable bonds is 3. The van der Waals surface area contributed by atoms with Crippen molar-refractivity contribution in [3.63, 3.8) is 0 Å². The molecule has 1 aliphatic heterocycles. The molecule has 1 saturated heterocycles. The van der Waals surface area contributed by atoms with E-state index in [1.807, 2.05) is 19.0 Å². The van der Waals surface area contributed by atoms with E-state index in [9.17, 15) is 9.90 Å². The maximum atomic E-state index is 12.1. The van der Waals surface area contributed by atoms with Crippen LogP contribution < -0.4 is 5.73 Å². The summed E-state index contributed by atoms with van der Waals surface area (Å²) in [6, 6.07) is 0.110. The van der Waals surface area contributed by atoms with Gasteiger partial charge >= 0.3 is 0 Å². The normalized spacial score (nSPS) is 32.2. The maximum Gasteiger partial charge on any atom is 0.243 e. The Hall–Kier alpha value is -0.650. The highest BCUT2D eigenvalue weighted by Crippen LogP contribution is 2.36. The highest BCUT2D eigenvalue weighted by molar-refractivity contribution is 5.89. The van der Waals surface area contributed by atoms with E-state index in [0.717, 1.165) is 19.4 Å². The molecule has 0 aromatic heterocycles. The molecule has 1 amide bonds. The number of likely N-dealkylation sites (tertiary alicyclic amines) is 1. The van der Waals surface area contributed by atoms with E-state index in [-0.39, 0.29) is 11.9 Å². The van der Waals surface area contributed by atoms with Crippen LogP contribution in [0.25, 0.3) is 0 Å². The third kappa shape index (κ3) is 2.21. The van der Waals surface area contributed by atoms with Crippen LogP contribution in [-0.2, 0) is 4.79 Å². The lowest BCUT2D eigenvalue weighted by molar-refractivity contribution is -0.135. The van der Waals surface area contributed by atoms with Crippen LogP contribution in [0.3, 0.4) is 0 Å². The first-order valence-corrected chi connectivity index (χ1v) is 5.85. The van der Waals surface area contributed by atoms with Gasteiger partial charge in [0.05, 0.1) is 11.6 Å². The average Bonchev–Trinajstić information content (AvgIpc) is 2.82. The van der Waals surface area contributed by atoms with Crippen LogP contribution in [0.4, 0.5) is 0 Å². The zero-order valence-electron chi connectivity index (χ0n) is 10.0. The van der Waals surface area contributed by atoms with E-state index in [0.29, 0.717) is 13.0 Å². The number of aliphatic hydroxyl groups excluding tert-OH is 1. The highest BCUT2D eigenvalue weighted by atomic mass is 16.3. The van der Waals surface area contributed by atoms with Crippen LogP contribution in [0.5, 0.6) is 0 Å². The number of likely N-dealkylation sites (N-methyl/N-ethyl adjacent to an activating group) is 1. The number of hydrogen-bond donors (Lipinski definition) is 2. The van der Waals surface area contributed by atoms with E-state index >= 15 is 0 Å². The first-order chi connectivity index (χ1) is 7.42. The molecule has 1 saturated carbocycles. The van der Waals surface area contributed by atoms with Crippen molar-refractivity contribution in [1.29, 1.82) is 0 Å². The molecule has 0 bridgehead atoms. The van der Waals surface area contributed by atoms with Crippen molar-refractivity contribution in [2.24, 2.45) is 5.73 Å². The number of aliphatic hydroxyl groups is 1. The fourth-order valence-electron chi connectivity index (χ4n) is 2.37. The number of carbonyl (C=O) groups excluding carboxylic acids is 1. The average molecular weight is 227 g/mol. The van der Waals surface area contributed by atoms with Crippen molar-refractivity contribution in [3.05, 3.63) is 0 Å². The van der Waals surface area contributed by atoms with Crippen LogP contribution in [-0.4, -0.2) is 65.7 Å². The Morgan fingerprint density at radius 3 is 2.69 bits per heavy atom. The molecule has 5 nitrogen and oxygen atoms in total. The van der Waals surface area contributed by atoms with Gasteiger partial charge in [0.25, 0.3) is 0 Å². The number of β-amino-alcohol motifs (C(OH)–C–C–N with tert-alkyl or cyclic N) is 1. The minimum atomic E-state index is -0.616. The van der Waals surface area contributed by atoms with Gasteiger partial charge in [-0.15, -0.1) is 0 Å². The standard InChI is InChI=1S/C11H21N3O2/c1-13(2)6-8-5-9(15)7-14(8)10(16)11(12)3-4-11/h8-9,15H,3-7,12H2,1-2H3. The lowest BCUT2D eigenvalue weighted by atomic mass is 10.1. The van der Waals surface area contributed by atoms with Gasteiger partial charge in [-0.05, 0) is 33.4 Å². The zero-order valence-corrected chi connectivity index (χ0v) is 10.0. The van der Waals surface area contributed by atoms with E-state index in [1.165, 1.54) is 0 Å². The Labute approximate surface area is 96.2 Å². The van der Waals surface area contributed by atoms with Crippen molar-refractivity contribution < 1.29 is 9.90 Å². The van der Waals surface area contributed by atoms with E-state index in [1.54, 1.807) is 4.90 Å². The predicted octanol–water partition coefficient (Wildman–Crippen LogP) is -0.999. The summed E-state index contributed by atoms with van der Waals surface area (Å²) in [7, 11) is 3.95. The molecule has 2 atom stereocenters. The number of nitrogens with two attached hydrogens (primary N) is 1. The van der Waals surface area contributed by atoms with Crippen LogP contribution in [0.15, 0.2) is 0 Å². The second kappa shape index (κ2) is 3.98. The van der Waals surface area contributed by atoms with Crippen LogP contribution in [0.1, 0.15) is 19.3 Å². The van der Waals surface area contributed by atoms with Crippen molar-refractivity contribution >= 4 is 5.91 Å². The van der Waals surface area contributed by atoms with Crippen LogP contribution >= 0.6 is 0 Å². The second-order valence-corrected chi connectivity index (χ2v) is 5.42. The molecule has 5 heteroatoms. The first kappa shape index (κ1) is 11.8. The summed E-state index contributed by atoms with van der Waals surface area (Å²) in [4.78, 5) is 16.0. The molecule has 3 N–H and O–H groups in total. The molecule has 0 aromatic carbocycles. The topological polar surface area (TPSA) is 69.8 Å². The van der Waals surface area contributed by atoms with E-state index < -0.39 is 11.6 Å². The molecule has 92 valence electrons. The quantitative estimate of drug-likeness (QED) is 0.649. The van der Waals surface area contributed by atoms with Crippen LogP contribution in [0, 0.1) is 0 Å². The van der Waals surface area contributed by atoms with E-state index in [4.69, 9.17) is 5.73 Å². The summed E-state index contributed by atoms with van der Waals surface area (Å²) in [6.07, 6.45) is 1.84. The fourth-order valence-corrected chi connectivity index (χ4v) is 2.37. The zero-order chi connectivity index (χ0) is 11.9. The minimum Gasteiger partial charge on any atom is -0.391 e. The number of amides is 1. The molecule has 0 spiro atoms. The molecule has 0 aromatic rings. The minimum absolute atomic E-state index is 0.0240. The van der Waals surface area contributed by atoms with Gasteiger partial charge in [-0.3, -0.25) is 4.79 Å². The van der Waals surface area contributed by atoms with Crippen LogP contribution in [0.2, 0.25) is 0 Å². The number of hydrogen-bond acceptors (Lipinski definition) is 4. The van der Waals surface area contributed by atoms with Gasteiger partial charge in [0.1, 0.15) is 0 Å². The summed E-state index contributed by atoms with van der Waals surface area (Å²) < 4.78 is 0. The third-order valence-electron chi connectivity index (χ3n) is 3.44. The van der Waals surface area contributed by atoms with Gasteiger partial charge in [-0.1, -0.05) is 0 Å². The molecule has 2 fully saturated rings. The summed E-state index contributed by atoms with van der Waals surface area (Å²) in [5.41, 5.74) is 5.31. The number of carbonyl (C=O) groups is 1. The Morgan fingerprint density at radius 2 is 2.19 bits per heavy atom. The Morgan fingerprint density at radius 1 is 1.56 bits per heavy atom. The van der Waals surface area contributed by atoms with Crippen molar-refractivity contribution in [2.75, 3.05) is 27.2 Å². The van der Waals surface area contributed by atoms with Gasteiger partial charge in [0, 0.05) is 19.1 Å². The van der Waals surface area contributed by atoms with Gasteiger partial charge < -0.3 is 20.6 Å². The molecule has 2 aliphatic rings. The Balaban J connectivity index is 2.03. The fraction of sp³-hybridized carbons (Fsp3) is 0.909. The van der Waals surface area contributed by atoms with E-state index in [2.05, 4.69) is 0 Å². The Kier molecular flexibility index (Phi) is 2.94. The lowest BCUT2D eigenvalue weighted by Gasteiger charge is -2.29. The summed E-state index contributed by atoms with van der Waals surface area (Å²) in [5, 5.41) is 9.66. The number of nitrogens with zero attached hydrogens (tertiary/aromatic N) is 2. The molecule has 1 heterocycles. The molecule has 2 rings (SSSR count). The summed E-state index contributed by atoms with van der Waals surface area (Å²) in [6.45, 7) is 1.23. The molecule has 1 aliphatic carbocycles. The van der Waals surface area contributed by atoms with Gasteiger partial charge in [0.2, 0.25) is 5.91 Å². The van der Waals surface area contributed by atoms with Gasteiger partial charge in [0.15, 0.2) is 0 Å². The lowest BCUT2D eigenvalue weighted by Crippen LogP contribution is -2.50.